The molecule has 0 spiro atoms. The highest BCUT2D eigenvalue weighted by Crippen LogP contribution is 2.30. The number of hydrogen-bond acceptors (Lipinski definition) is 4. The lowest BCUT2D eigenvalue weighted by Crippen LogP contribution is -2.48. The van der Waals surface area contributed by atoms with Gasteiger partial charge >= 0.3 is 0 Å². The van der Waals surface area contributed by atoms with Gasteiger partial charge in [0.15, 0.2) is 0 Å². The maximum atomic E-state index is 12.6. The molecule has 1 saturated heterocycles. The SMILES string of the molecule is Cc1noc(C)c1C(=O)N1CCCN1C(=O)C1CCC1. The Kier molecular flexibility index (Phi) is 3.23. The van der Waals surface area contributed by atoms with Gasteiger partial charge in [-0.3, -0.25) is 14.6 Å². The Morgan fingerprint density at radius 2 is 1.85 bits per heavy atom. The average molecular weight is 277 g/mol. The summed E-state index contributed by atoms with van der Waals surface area (Å²) < 4.78 is 5.05. The lowest BCUT2D eigenvalue weighted by molar-refractivity contribution is -0.147. The monoisotopic (exact) mass is 277 g/mol. The first-order chi connectivity index (χ1) is 9.59. The van der Waals surface area contributed by atoms with Gasteiger partial charge in [0.25, 0.3) is 5.91 Å². The number of nitrogens with zero attached hydrogens (tertiary/aromatic N) is 3. The van der Waals surface area contributed by atoms with Gasteiger partial charge < -0.3 is 4.52 Å². The summed E-state index contributed by atoms with van der Waals surface area (Å²) in [6.07, 6.45) is 3.83. The summed E-state index contributed by atoms with van der Waals surface area (Å²) in [6.45, 7) is 4.69. The summed E-state index contributed by atoms with van der Waals surface area (Å²) in [4.78, 5) is 25.0. The van der Waals surface area contributed by atoms with E-state index in [-0.39, 0.29) is 17.7 Å². The molecule has 3 rings (SSSR count). The van der Waals surface area contributed by atoms with Crippen LogP contribution in [0.25, 0.3) is 0 Å². The molecule has 1 aromatic rings. The van der Waals surface area contributed by atoms with Gasteiger partial charge in [0.05, 0.1) is 5.69 Å². The van der Waals surface area contributed by atoms with Crippen LogP contribution in [0.2, 0.25) is 0 Å². The highest BCUT2D eigenvalue weighted by atomic mass is 16.5. The lowest BCUT2D eigenvalue weighted by atomic mass is 9.84. The van der Waals surface area contributed by atoms with E-state index in [0.29, 0.717) is 30.1 Å². The molecule has 0 radical (unpaired) electrons. The predicted molar refractivity (Wildman–Crippen MR) is 70.7 cm³/mol. The van der Waals surface area contributed by atoms with Crippen LogP contribution in [-0.4, -0.2) is 40.1 Å². The van der Waals surface area contributed by atoms with Crippen molar-refractivity contribution < 1.29 is 14.1 Å². The number of rotatable bonds is 2. The molecule has 1 aliphatic carbocycles. The third-order valence-corrected chi connectivity index (χ3v) is 4.22. The van der Waals surface area contributed by atoms with Crippen molar-refractivity contribution in [2.24, 2.45) is 5.92 Å². The number of hydrazine groups is 1. The fourth-order valence-corrected chi connectivity index (χ4v) is 2.84. The molecule has 0 atom stereocenters. The Morgan fingerprint density at radius 3 is 2.40 bits per heavy atom. The predicted octanol–water partition coefficient (Wildman–Crippen LogP) is 1.68. The number of hydrogen-bond donors (Lipinski definition) is 0. The minimum atomic E-state index is -0.175. The van der Waals surface area contributed by atoms with E-state index in [9.17, 15) is 9.59 Å². The van der Waals surface area contributed by atoms with Gasteiger partial charge in [0.2, 0.25) is 5.91 Å². The van der Waals surface area contributed by atoms with Crippen molar-refractivity contribution in [1.82, 2.24) is 15.2 Å². The van der Waals surface area contributed by atoms with E-state index in [1.165, 1.54) is 0 Å². The molecule has 2 amide bonds. The third kappa shape index (κ3) is 1.99. The first-order valence-electron chi connectivity index (χ1n) is 7.15. The van der Waals surface area contributed by atoms with Crippen molar-refractivity contribution in [3.8, 4) is 0 Å². The summed E-state index contributed by atoms with van der Waals surface area (Å²) in [7, 11) is 0. The van der Waals surface area contributed by atoms with Gasteiger partial charge in [-0.1, -0.05) is 11.6 Å². The highest BCUT2D eigenvalue weighted by Gasteiger charge is 2.38. The Bertz CT molecular complexity index is 528. The summed E-state index contributed by atoms with van der Waals surface area (Å²) in [5.74, 6) is 0.531. The molecule has 20 heavy (non-hydrogen) atoms. The topological polar surface area (TPSA) is 66.7 Å². The maximum Gasteiger partial charge on any atom is 0.277 e. The second-order valence-corrected chi connectivity index (χ2v) is 5.57. The van der Waals surface area contributed by atoms with Crippen molar-refractivity contribution >= 4 is 11.8 Å². The average Bonchev–Trinajstić information content (AvgIpc) is 2.94. The molecule has 2 aliphatic rings. The van der Waals surface area contributed by atoms with Crippen molar-refractivity contribution in [3.05, 3.63) is 17.0 Å². The Balaban J connectivity index is 1.81. The minimum Gasteiger partial charge on any atom is -0.361 e. The quantitative estimate of drug-likeness (QED) is 0.825. The molecular formula is C14H19N3O3. The lowest BCUT2D eigenvalue weighted by Gasteiger charge is -2.34. The first-order valence-corrected chi connectivity index (χ1v) is 7.15. The van der Waals surface area contributed by atoms with Crippen molar-refractivity contribution in [2.45, 2.75) is 39.5 Å². The van der Waals surface area contributed by atoms with Crippen LogP contribution in [0.1, 0.15) is 47.5 Å². The van der Waals surface area contributed by atoms with Crippen molar-refractivity contribution in [1.29, 1.82) is 0 Å². The Labute approximate surface area is 117 Å². The summed E-state index contributed by atoms with van der Waals surface area (Å²) >= 11 is 0. The van der Waals surface area contributed by atoms with Crippen LogP contribution in [0.4, 0.5) is 0 Å². The number of carbonyl (C=O) groups is 2. The van der Waals surface area contributed by atoms with Crippen molar-refractivity contribution in [3.63, 3.8) is 0 Å². The van der Waals surface area contributed by atoms with Gasteiger partial charge in [0.1, 0.15) is 11.3 Å². The largest absolute Gasteiger partial charge is 0.361 e. The zero-order chi connectivity index (χ0) is 14.3. The summed E-state index contributed by atoms with van der Waals surface area (Å²) in [5.41, 5.74) is 1.06. The molecule has 1 aromatic heterocycles. The van der Waals surface area contributed by atoms with Crippen LogP contribution in [-0.2, 0) is 4.79 Å². The van der Waals surface area contributed by atoms with Crippen LogP contribution in [0.3, 0.4) is 0 Å². The number of amides is 2. The second kappa shape index (κ2) is 4.92. The molecule has 0 aromatic carbocycles. The first kappa shape index (κ1) is 13.1. The van der Waals surface area contributed by atoms with Gasteiger partial charge in [-0.2, -0.15) is 0 Å². The van der Waals surface area contributed by atoms with Crippen LogP contribution in [0, 0.1) is 19.8 Å². The van der Waals surface area contributed by atoms with Crippen LogP contribution in [0.15, 0.2) is 4.52 Å². The third-order valence-electron chi connectivity index (χ3n) is 4.22. The highest BCUT2D eigenvalue weighted by molar-refractivity contribution is 5.97. The number of aromatic nitrogens is 1. The number of aryl methyl sites for hydroxylation is 2. The van der Waals surface area contributed by atoms with Crippen LogP contribution in [0.5, 0.6) is 0 Å². The van der Waals surface area contributed by atoms with Crippen LogP contribution < -0.4 is 0 Å². The molecule has 1 saturated carbocycles. The van der Waals surface area contributed by atoms with E-state index < -0.39 is 0 Å². The summed E-state index contributed by atoms with van der Waals surface area (Å²) in [5, 5.41) is 7.00. The number of carbonyl (C=O) groups excluding carboxylic acids is 2. The minimum absolute atomic E-state index is 0.0915. The van der Waals surface area contributed by atoms with E-state index in [1.54, 1.807) is 23.9 Å². The molecule has 108 valence electrons. The molecule has 0 N–H and O–H groups in total. The molecule has 6 heteroatoms. The molecule has 2 heterocycles. The Morgan fingerprint density at radius 1 is 1.15 bits per heavy atom. The van der Waals surface area contributed by atoms with Gasteiger partial charge in [-0.25, -0.2) is 5.01 Å². The van der Waals surface area contributed by atoms with E-state index in [2.05, 4.69) is 5.16 Å². The Hall–Kier alpha value is -1.85. The molecule has 6 nitrogen and oxygen atoms in total. The standard InChI is InChI=1S/C14H19N3O3/c1-9-12(10(2)20-15-9)14(19)17-8-4-7-16(17)13(18)11-5-3-6-11/h11H,3-8H2,1-2H3. The molecular weight excluding hydrogens is 258 g/mol. The summed E-state index contributed by atoms with van der Waals surface area (Å²) in [6, 6.07) is 0. The van der Waals surface area contributed by atoms with E-state index in [1.807, 2.05) is 0 Å². The fraction of sp³-hybridized carbons (Fsp3) is 0.643. The van der Waals surface area contributed by atoms with Crippen molar-refractivity contribution in [2.75, 3.05) is 13.1 Å². The zero-order valence-corrected chi connectivity index (χ0v) is 11.9. The van der Waals surface area contributed by atoms with Crippen LogP contribution >= 0.6 is 0 Å². The molecule has 1 aliphatic heterocycles. The smallest absolute Gasteiger partial charge is 0.277 e. The fourth-order valence-electron chi connectivity index (χ4n) is 2.84. The molecule has 0 bridgehead atoms. The van der Waals surface area contributed by atoms with E-state index >= 15 is 0 Å². The second-order valence-electron chi connectivity index (χ2n) is 5.57. The van der Waals surface area contributed by atoms with Gasteiger partial charge in [0, 0.05) is 19.0 Å². The normalized spacial score (nSPS) is 19.3. The maximum absolute atomic E-state index is 12.6. The zero-order valence-electron chi connectivity index (χ0n) is 11.9. The molecule has 2 fully saturated rings. The molecule has 0 unspecified atom stereocenters. The van der Waals surface area contributed by atoms with E-state index in [4.69, 9.17) is 4.52 Å². The van der Waals surface area contributed by atoms with Gasteiger partial charge in [-0.15, -0.1) is 0 Å². The van der Waals surface area contributed by atoms with E-state index in [0.717, 1.165) is 25.7 Å². The van der Waals surface area contributed by atoms with Gasteiger partial charge in [-0.05, 0) is 33.1 Å².